The fraction of sp³-hybridized carbons (Fsp3) is 0.409. The Bertz CT molecular complexity index is 964. The van der Waals surface area contributed by atoms with E-state index in [2.05, 4.69) is 41.6 Å². The third-order valence-electron chi connectivity index (χ3n) is 5.25. The molecule has 3 aromatic rings. The molecule has 0 radical (unpaired) electrons. The highest BCUT2D eigenvalue weighted by molar-refractivity contribution is 5.78. The molecule has 0 unspecified atom stereocenters. The van der Waals surface area contributed by atoms with Gasteiger partial charge in [0.05, 0.1) is 6.20 Å². The molecule has 28 heavy (non-hydrogen) atoms. The monoisotopic (exact) mass is 377 g/mol. The van der Waals surface area contributed by atoms with Crippen LogP contribution >= 0.6 is 0 Å². The van der Waals surface area contributed by atoms with Crippen molar-refractivity contribution < 1.29 is 4.79 Å². The molecule has 0 fully saturated rings. The lowest BCUT2D eigenvalue weighted by Gasteiger charge is -2.23. The van der Waals surface area contributed by atoms with Crippen LogP contribution in [0.1, 0.15) is 38.2 Å². The average Bonchev–Trinajstić information content (AvgIpc) is 3.13. The van der Waals surface area contributed by atoms with Gasteiger partial charge in [0.1, 0.15) is 5.82 Å². The lowest BCUT2D eigenvalue weighted by Crippen LogP contribution is -2.35. The van der Waals surface area contributed by atoms with Crippen molar-refractivity contribution in [2.24, 2.45) is 0 Å². The van der Waals surface area contributed by atoms with E-state index in [0.717, 1.165) is 54.8 Å². The van der Waals surface area contributed by atoms with Gasteiger partial charge in [-0.05, 0) is 42.9 Å². The van der Waals surface area contributed by atoms with E-state index >= 15 is 0 Å². The normalized spacial score (nSPS) is 15.1. The number of nitrogens with one attached hydrogen (secondary N) is 1. The van der Waals surface area contributed by atoms with Gasteiger partial charge in [0.2, 0.25) is 5.91 Å². The van der Waals surface area contributed by atoms with Gasteiger partial charge in [-0.3, -0.25) is 4.79 Å². The summed E-state index contributed by atoms with van der Waals surface area (Å²) in [5, 5.41) is 7.82. The fourth-order valence-corrected chi connectivity index (χ4v) is 3.75. The summed E-state index contributed by atoms with van der Waals surface area (Å²) in [4.78, 5) is 19.2. The maximum absolute atomic E-state index is 12.5. The lowest BCUT2D eigenvalue weighted by atomic mass is 10.0. The van der Waals surface area contributed by atoms with Crippen molar-refractivity contribution in [3.05, 3.63) is 48.3 Å². The van der Waals surface area contributed by atoms with Crippen molar-refractivity contribution in [3.8, 4) is 11.1 Å². The molecule has 146 valence electrons. The Kier molecular flexibility index (Phi) is 5.55. The summed E-state index contributed by atoms with van der Waals surface area (Å²) in [6.07, 6.45) is 8.42. The highest BCUT2D eigenvalue weighted by Gasteiger charge is 2.14. The van der Waals surface area contributed by atoms with Crippen LogP contribution < -0.4 is 5.32 Å². The van der Waals surface area contributed by atoms with Gasteiger partial charge in [-0.2, -0.15) is 5.10 Å². The van der Waals surface area contributed by atoms with Crippen molar-refractivity contribution in [1.82, 2.24) is 19.5 Å². The highest BCUT2D eigenvalue weighted by Crippen LogP contribution is 2.25. The summed E-state index contributed by atoms with van der Waals surface area (Å²) in [6.45, 7) is 4.26. The zero-order chi connectivity index (χ0) is 19.3. The maximum atomic E-state index is 12.5. The molecule has 1 aliphatic rings. The van der Waals surface area contributed by atoms with Crippen molar-refractivity contribution in [1.29, 1.82) is 0 Å². The molecular formula is C22H27N5O. The molecule has 0 saturated carbocycles. The Morgan fingerprint density at radius 3 is 3.04 bits per heavy atom. The van der Waals surface area contributed by atoms with Crippen LogP contribution in [0.4, 0.5) is 5.82 Å². The van der Waals surface area contributed by atoms with Crippen molar-refractivity contribution >= 4 is 17.4 Å². The molecule has 0 aliphatic carbocycles. The first-order chi connectivity index (χ1) is 13.7. The van der Waals surface area contributed by atoms with E-state index < -0.39 is 0 Å². The van der Waals surface area contributed by atoms with Crippen LogP contribution in [0, 0.1) is 0 Å². The summed E-state index contributed by atoms with van der Waals surface area (Å²) in [7, 11) is 0. The van der Waals surface area contributed by atoms with Gasteiger partial charge in [-0.25, -0.2) is 9.50 Å². The van der Waals surface area contributed by atoms with Crippen molar-refractivity contribution in [2.45, 2.75) is 39.0 Å². The van der Waals surface area contributed by atoms with Crippen molar-refractivity contribution in [3.63, 3.8) is 0 Å². The van der Waals surface area contributed by atoms with E-state index in [1.54, 1.807) is 0 Å². The maximum Gasteiger partial charge on any atom is 0.222 e. The molecule has 4 bridgehead atoms. The number of nitrogens with zero attached hydrogens (tertiary/aromatic N) is 4. The van der Waals surface area contributed by atoms with Gasteiger partial charge in [-0.1, -0.05) is 31.2 Å². The number of carbonyl (C=O) groups excluding carboxylic acids is 1. The summed E-state index contributed by atoms with van der Waals surface area (Å²) < 4.78 is 1.81. The highest BCUT2D eigenvalue weighted by atomic mass is 16.2. The molecule has 1 aliphatic heterocycles. The molecule has 0 atom stereocenters. The number of aryl methyl sites for hydroxylation is 1. The predicted molar refractivity (Wildman–Crippen MR) is 111 cm³/mol. The number of amides is 1. The smallest absolute Gasteiger partial charge is 0.222 e. The Hall–Kier alpha value is -2.89. The number of fused-ring (bicyclic) bond motifs is 4. The first kappa shape index (κ1) is 18.5. The van der Waals surface area contributed by atoms with Gasteiger partial charge in [0.15, 0.2) is 5.65 Å². The zero-order valence-corrected chi connectivity index (χ0v) is 16.4. The van der Waals surface area contributed by atoms with Crippen LogP contribution in [0.5, 0.6) is 0 Å². The third-order valence-corrected chi connectivity index (χ3v) is 5.25. The van der Waals surface area contributed by atoms with Crippen LogP contribution in [0.3, 0.4) is 0 Å². The van der Waals surface area contributed by atoms with Crippen LogP contribution in [-0.4, -0.2) is 45.0 Å². The van der Waals surface area contributed by atoms with E-state index in [-0.39, 0.29) is 5.91 Å². The number of hydrogen-bond donors (Lipinski definition) is 1. The number of benzene rings is 1. The Morgan fingerprint density at radius 2 is 2.14 bits per heavy atom. The predicted octanol–water partition coefficient (Wildman–Crippen LogP) is 3.77. The number of aromatic nitrogens is 3. The first-order valence-electron chi connectivity index (χ1n) is 10.2. The largest absolute Gasteiger partial charge is 0.368 e. The molecule has 1 N–H and O–H groups in total. The summed E-state index contributed by atoms with van der Waals surface area (Å²) >= 11 is 0. The summed E-state index contributed by atoms with van der Waals surface area (Å²) in [5.74, 6) is 1.06. The lowest BCUT2D eigenvalue weighted by molar-refractivity contribution is -0.131. The van der Waals surface area contributed by atoms with Gasteiger partial charge in [0, 0.05) is 37.8 Å². The standard InChI is InChI=1S/C22H27N5O/c1-2-6-21(28)26-12-4-3-7-17-8-5-9-18(15-17)19-16-24-27-13-10-20(23-11-14-26)25-22(19)27/h5,8-10,13,15-16H,2-4,6-7,11-12,14H2,1H3,(H,23,25). The Labute approximate surface area is 165 Å². The minimum Gasteiger partial charge on any atom is -0.368 e. The molecule has 2 aromatic heterocycles. The third kappa shape index (κ3) is 4.01. The number of carbonyl (C=O) groups is 1. The van der Waals surface area contributed by atoms with E-state index in [1.807, 2.05) is 27.9 Å². The molecule has 1 amide bonds. The second-order valence-electron chi connectivity index (χ2n) is 7.35. The van der Waals surface area contributed by atoms with E-state index in [0.29, 0.717) is 19.5 Å². The van der Waals surface area contributed by atoms with E-state index in [9.17, 15) is 4.79 Å². The van der Waals surface area contributed by atoms with Gasteiger partial charge < -0.3 is 10.2 Å². The van der Waals surface area contributed by atoms with Crippen molar-refractivity contribution in [2.75, 3.05) is 25.0 Å². The molecule has 3 heterocycles. The SMILES string of the molecule is CCCC(=O)N1CCCCc2cccc(c2)-c2cnn3ccc(nc23)NCC1. The summed E-state index contributed by atoms with van der Waals surface area (Å²) in [6, 6.07) is 10.6. The van der Waals surface area contributed by atoms with Gasteiger partial charge in [0.25, 0.3) is 0 Å². The molecule has 6 nitrogen and oxygen atoms in total. The molecule has 0 saturated heterocycles. The Morgan fingerprint density at radius 1 is 1.21 bits per heavy atom. The minimum absolute atomic E-state index is 0.247. The van der Waals surface area contributed by atoms with Gasteiger partial charge in [-0.15, -0.1) is 0 Å². The van der Waals surface area contributed by atoms with E-state index in [1.165, 1.54) is 5.56 Å². The van der Waals surface area contributed by atoms with Crippen LogP contribution in [0.25, 0.3) is 16.8 Å². The number of rotatable bonds is 2. The molecular weight excluding hydrogens is 350 g/mol. The van der Waals surface area contributed by atoms with Gasteiger partial charge >= 0.3 is 0 Å². The molecule has 0 spiro atoms. The van der Waals surface area contributed by atoms with Crippen LogP contribution in [-0.2, 0) is 11.2 Å². The van der Waals surface area contributed by atoms with Crippen LogP contribution in [0.2, 0.25) is 0 Å². The molecule has 6 heteroatoms. The number of anilines is 1. The quantitative estimate of drug-likeness (QED) is 0.738. The van der Waals surface area contributed by atoms with Crippen LogP contribution in [0.15, 0.2) is 42.7 Å². The second-order valence-corrected chi connectivity index (χ2v) is 7.35. The zero-order valence-electron chi connectivity index (χ0n) is 16.4. The minimum atomic E-state index is 0.247. The first-order valence-corrected chi connectivity index (χ1v) is 10.2. The molecule has 1 aromatic carbocycles. The Balaban J connectivity index is 1.66. The van der Waals surface area contributed by atoms with E-state index in [4.69, 9.17) is 4.98 Å². The topological polar surface area (TPSA) is 62.5 Å². The fourth-order valence-electron chi connectivity index (χ4n) is 3.75. The summed E-state index contributed by atoms with van der Waals surface area (Å²) in [5.41, 5.74) is 4.34. The number of hydrogen-bond acceptors (Lipinski definition) is 4. The second kappa shape index (κ2) is 8.42. The molecule has 4 rings (SSSR count). The average molecular weight is 377 g/mol.